The summed E-state index contributed by atoms with van der Waals surface area (Å²) in [6, 6.07) is 19.1. The first-order chi connectivity index (χ1) is 15.5. The van der Waals surface area contributed by atoms with Gasteiger partial charge in [-0.1, -0.05) is 43.3 Å². The molecular formula is C25H32N4O2S. The van der Waals surface area contributed by atoms with E-state index in [4.69, 9.17) is 0 Å². The van der Waals surface area contributed by atoms with Gasteiger partial charge in [0, 0.05) is 42.4 Å². The third-order valence-corrected chi connectivity index (χ3v) is 7.75. The van der Waals surface area contributed by atoms with Crippen LogP contribution >= 0.6 is 0 Å². The lowest BCUT2D eigenvalue weighted by atomic mass is 9.92. The molecule has 1 fully saturated rings. The van der Waals surface area contributed by atoms with Crippen LogP contribution in [0.5, 0.6) is 0 Å². The Morgan fingerprint density at radius 3 is 2.56 bits per heavy atom. The highest BCUT2D eigenvalue weighted by molar-refractivity contribution is 7.89. The second kappa shape index (κ2) is 9.98. The highest BCUT2D eigenvalue weighted by Gasteiger charge is 2.28. The molecule has 0 amide bonds. The van der Waals surface area contributed by atoms with Crippen molar-refractivity contribution in [1.29, 1.82) is 0 Å². The number of aryl methyl sites for hydroxylation is 1. The number of aromatic nitrogens is 1. The summed E-state index contributed by atoms with van der Waals surface area (Å²) in [5.41, 5.74) is 3.16. The molecule has 3 aromatic rings. The van der Waals surface area contributed by atoms with Gasteiger partial charge in [0.25, 0.3) is 0 Å². The zero-order valence-corrected chi connectivity index (χ0v) is 19.6. The summed E-state index contributed by atoms with van der Waals surface area (Å²) >= 11 is 0. The van der Waals surface area contributed by atoms with Crippen LogP contribution in [0.15, 0.2) is 65.6 Å². The fourth-order valence-electron chi connectivity index (χ4n) is 4.56. The number of nitrogens with zero attached hydrogens (tertiary/aromatic N) is 2. The lowest BCUT2D eigenvalue weighted by Crippen LogP contribution is -2.49. The summed E-state index contributed by atoms with van der Waals surface area (Å²) < 4.78 is 28.0. The van der Waals surface area contributed by atoms with Gasteiger partial charge in [0.05, 0.1) is 10.4 Å². The molecule has 1 aromatic heterocycles. The van der Waals surface area contributed by atoms with E-state index in [1.807, 2.05) is 31.2 Å². The molecule has 6 nitrogen and oxygen atoms in total. The smallest absolute Gasteiger partial charge is 0.240 e. The zero-order chi connectivity index (χ0) is 22.6. The molecule has 1 aliphatic heterocycles. The van der Waals surface area contributed by atoms with Gasteiger partial charge in [-0.3, -0.25) is 9.88 Å². The van der Waals surface area contributed by atoms with Crippen LogP contribution in [0.25, 0.3) is 10.9 Å². The molecule has 0 aliphatic carbocycles. The lowest BCUT2D eigenvalue weighted by Gasteiger charge is -2.39. The molecule has 0 saturated carbocycles. The summed E-state index contributed by atoms with van der Waals surface area (Å²) in [6.45, 7) is 7.38. The second-order valence-electron chi connectivity index (χ2n) is 8.56. The van der Waals surface area contributed by atoms with Crippen molar-refractivity contribution in [2.24, 2.45) is 5.92 Å². The molecule has 2 unspecified atom stereocenters. The molecule has 0 radical (unpaired) electrons. The number of hydrogen-bond acceptors (Lipinski definition) is 5. The van der Waals surface area contributed by atoms with E-state index < -0.39 is 10.0 Å². The minimum atomic E-state index is -3.47. The van der Waals surface area contributed by atoms with Gasteiger partial charge in [-0.2, -0.15) is 0 Å². The maximum atomic E-state index is 12.6. The Hall–Kier alpha value is -2.48. The van der Waals surface area contributed by atoms with Crippen LogP contribution in [0.4, 0.5) is 5.69 Å². The van der Waals surface area contributed by atoms with Crippen LogP contribution in [0.3, 0.4) is 0 Å². The number of rotatable bonds is 8. The Morgan fingerprint density at radius 2 is 1.78 bits per heavy atom. The van der Waals surface area contributed by atoms with Gasteiger partial charge < -0.3 is 5.32 Å². The van der Waals surface area contributed by atoms with Crippen LogP contribution in [0.1, 0.15) is 25.5 Å². The van der Waals surface area contributed by atoms with E-state index in [2.05, 4.69) is 39.0 Å². The fourth-order valence-corrected chi connectivity index (χ4v) is 5.66. The average Bonchev–Trinajstić information content (AvgIpc) is 2.82. The minimum Gasteiger partial charge on any atom is -0.384 e. The monoisotopic (exact) mass is 452 g/mol. The second-order valence-corrected chi connectivity index (χ2v) is 10.3. The Balaban J connectivity index is 1.35. The number of para-hydroxylation sites is 1. The standard InChI is InChI=1S/C25H32N4O2S/c1-3-29-18-20(16-26-25-15-19(2)28-24-12-8-7-11-23(24)25)13-14-21(29)17-27-32(30,31)22-9-5-4-6-10-22/h4-12,15,20-21,27H,3,13-14,16-18H2,1-2H3,(H,26,28). The number of fused-ring (bicyclic) bond motifs is 1. The molecule has 7 heteroatoms. The van der Waals surface area contributed by atoms with Crippen molar-refractivity contribution < 1.29 is 8.42 Å². The van der Waals surface area contributed by atoms with Gasteiger partial charge in [0.1, 0.15) is 0 Å². The number of pyridine rings is 1. The zero-order valence-electron chi connectivity index (χ0n) is 18.8. The highest BCUT2D eigenvalue weighted by Crippen LogP contribution is 2.26. The molecule has 2 heterocycles. The number of likely N-dealkylation sites (tertiary alicyclic amines) is 1. The Morgan fingerprint density at radius 1 is 1.03 bits per heavy atom. The number of nitrogens with one attached hydrogen (secondary N) is 2. The quantitative estimate of drug-likeness (QED) is 0.540. The van der Waals surface area contributed by atoms with Crippen LogP contribution in [-0.4, -0.2) is 50.5 Å². The third kappa shape index (κ3) is 5.28. The van der Waals surface area contributed by atoms with Crippen molar-refractivity contribution in [3.63, 3.8) is 0 Å². The first-order valence-corrected chi connectivity index (χ1v) is 12.8. The van der Waals surface area contributed by atoms with Gasteiger partial charge in [0.2, 0.25) is 10.0 Å². The van der Waals surface area contributed by atoms with Crippen molar-refractivity contribution in [2.45, 2.75) is 37.6 Å². The summed E-state index contributed by atoms with van der Waals surface area (Å²) in [7, 11) is -3.47. The third-order valence-electron chi connectivity index (χ3n) is 6.31. The normalized spacial score (nSPS) is 19.8. The van der Waals surface area contributed by atoms with E-state index in [1.165, 1.54) is 0 Å². The van der Waals surface area contributed by atoms with Crippen molar-refractivity contribution in [1.82, 2.24) is 14.6 Å². The molecule has 1 saturated heterocycles. The predicted molar refractivity (Wildman–Crippen MR) is 130 cm³/mol. The Bertz CT molecular complexity index is 1150. The van der Waals surface area contributed by atoms with E-state index >= 15 is 0 Å². The summed E-state index contributed by atoms with van der Waals surface area (Å²) in [4.78, 5) is 7.35. The van der Waals surface area contributed by atoms with E-state index in [-0.39, 0.29) is 6.04 Å². The highest BCUT2D eigenvalue weighted by atomic mass is 32.2. The van der Waals surface area contributed by atoms with Gasteiger partial charge in [-0.05, 0) is 56.5 Å². The van der Waals surface area contributed by atoms with Crippen LogP contribution in [0, 0.1) is 12.8 Å². The Labute approximate surface area is 191 Å². The molecule has 0 spiro atoms. The maximum Gasteiger partial charge on any atom is 0.240 e. The van der Waals surface area contributed by atoms with E-state index in [0.29, 0.717) is 17.4 Å². The Kier molecular flexibility index (Phi) is 7.08. The number of likely N-dealkylation sites (N-methyl/N-ethyl adjacent to an activating group) is 1. The largest absolute Gasteiger partial charge is 0.384 e. The molecule has 2 N–H and O–H groups in total. The van der Waals surface area contributed by atoms with Gasteiger partial charge in [0.15, 0.2) is 0 Å². The molecular weight excluding hydrogens is 420 g/mol. The van der Waals surface area contributed by atoms with E-state index in [0.717, 1.165) is 54.8 Å². The SMILES string of the molecule is CCN1CC(CNc2cc(C)nc3ccccc23)CCC1CNS(=O)(=O)c1ccccc1. The number of sulfonamides is 1. The molecule has 4 rings (SSSR count). The first kappa shape index (κ1) is 22.7. The van der Waals surface area contributed by atoms with Crippen molar-refractivity contribution in [2.75, 3.05) is 31.5 Å². The summed E-state index contributed by atoms with van der Waals surface area (Å²) in [5, 5.41) is 4.80. The van der Waals surface area contributed by atoms with E-state index in [9.17, 15) is 8.42 Å². The number of piperidine rings is 1. The lowest BCUT2D eigenvalue weighted by molar-refractivity contribution is 0.120. The van der Waals surface area contributed by atoms with Crippen LogP contribution in [0.2, 0.25) is 0 Å². The topological polar surface area (TPSA) is 74.3 Å². The van der Waals surface area contributed by atoms with Crippen molar-refractivity contribution in [3.05, 3.63) is 66.4 Å². The predicted octanol–water partition coefficient (Wildman–Crippen LogP) is 4.03. The minimum absolute atomic E-state index is 0.221. The van der Waals surface area contributed by atoms with Crippen LogP contribution in [-0.2, 0) is 10.0 Å². The van der Waals surface area contributed by atoms with Gasteiger partial charge in [-0.15, -0.1) is 0 Å². The van der Waals surface area contributed by atoms with Crippen LogP contribution < -0.4 is 10.0 Å². The van der Waals surface area contributed by atoms with Crippen molar-refractivity contribution >= 4 is 26.6 Å². The average molecular weight is 453 g/mol. The van der Waals surface area contributed by atoms with E-state index in [1.54, 1.807) is 24.3 Å². The maximum absolute atomic E-state index is 12.6. The summed E-state index contributed by atoms with van der Waals surface area (Å²) in [5.74, 6) is 0.518. The first-order valence-electron chi connectivity index (χ1n) is 11.4. The molecule has 1 aliphatic rings. The van der Waals surface area contributed by atoms with Gasteiger partial charge in [-0.25, -0.2) is 13.1 Å². The molecule has 170 valence electrons. The number of benzene rings is 2. The molecule has 2 aromatic carbocycles. The summed E-state index contributed by atoms with van der Waals surface area (Å²) in [6.07, 6.45) is 2.05. The number of hydrogen-bond donors (Lipinski definition) is 2. The molecule has 0 bridgehead atoms. The number of anilines is 1. The van der Waals surface area contributed by atoms with Gasteiger partial charge >= 0.3 is 0 Å². The molecule has 2 atom stereocenters. The molecule has 32 heavy (non-hydrogen) atoms. The van der Waals surface area contributed by atoms with Crippen molar-refractivity contribution in [3.8, 4) is 0 Å². The fraction of sp³-hybridized carbons (Fsp3) is 0.400.